The normalized spacial score (nSPS) is 13.9. The molecule has 0 bridgehead atoms. The van der Waals surface area contributed by atoms with Gasteiger partial charge in [-0.3, -0.25) is 18.8 Å². The molecule has 5 rings (SSSR count). The number of phenols is 1. The Balaban J connectivity index is 0.00000213. The first-order valence-electron chi connectivity index (χ1n) is 15.2. The third-order valence-electron chi connectivity index (χ3n) is 8.00. The highest BCUT2D eigenvalue weighted by molar-refractivity contribution is 7.59. The van der Waals surface area contributed by atoms with Gasteiger partial charge in [-0.2, -0.15) is 39.8 Å². The average Bonchev–Trinajstić information content (AvgIpc) is 3.51. The number of halogens is 7. The van der Waals surface area contributed by atoms with E-state index in [0.29, 0.717) is 11.6 Å². The molecular formula is C33H37F7N4O4S. The smallest absolute Gasteiger partial charge is 0.449 e. The summed E-state index contributed by atoms with van der Waals surface area (Å²) in [6, 6.07) is 10.8. The molecule has 0 unspecified atom stereocenters. The van der Waals surface area contributed by atoms with E-state index in [0.717, 1.165) is 27.3 Å². The number of para-hydroxylation sites is 1. The van der Waals surface area contributed by atoms with Gasteiger partial charge in [-0.15, -0.1) is 0 Å². The van der Waals surface area contributed by atoms with Crippen LogP contribution in [0.4, 0.5) is 36.4 Å². The third kappa shape index (κ3) is 8.90. The summed E-state index contributed by atoms with van der Waals surface area (Å²) in [5, 5.41) is 10.2. The summed E-state index contributed by atoms with van der Waals surface area (Å²) < 4.78 is 102. The second-order valence-corrected chi connectivity index (χ2v) is 10.9. The Hall–Kier alpha value is -4.18. The maximum atomic E-state index is 14.9. The maximum Gasteiger partial charge on any atom is 0.449 e. The number of furan rings is 1. The topological polar surface area (TPSA) is 83.8 Å². The molecule has 1 saturated heterocycles. The number of rotatable bonds is 8. The largest absolute Gasteiger partial charge is 0.508 e. The van der Waals surface area contributed by atoms with Gasteiger partial charge in [0.25, 0.3) is 5.56 Å². The molecule has 268 valence electrons. The molecule has 1 aliphatic rings. The summed E-state index contributed by atoms with van der Waals surface area (Å²) in [5.74, 6) is -2.26. The van der Waals surface area contributed by atoms with Crippen LogP contribution in [-0.4, -0.2) is 45.3 Å². The Morgan fingerprint density at radius 3 is 2.06 bits per heavy atom. The first-order chi connectivity index (χ1) is 22.6. The molecule has 49 heavy (non-hydrogen) atoms. The molecule has 0 amide bonds. The summed E-state index contributed by atoms with van der Waals surface area (Å²) in [5.41, 5.74) is -3.21. The number of aromatic nitrogens is 2. The number of anilines is 1. The van der Waals surface area contributed by atoms with E-state index in [4.69, 9.17) is 4.42 Å². The summed E-state index contributed by atoms with van der Waals surface area (Å²) >= 11 is 0. The van der Waals surface area contributed by atoms with Crippen molar-refractivity contribution in [3.05, 3.63) is 115 Å². The Labute approximate surface area is 284 Å². The van der Waals surface area contributed by atoms with E-state index in [1.807, 2.05) is 18.7 Å². The van der Waals surface area contributed by atoms with Crippen molar-refractivity contribution in [2.45, 2.75) is 59.2 Å². The van der Waals surface area contributed by atoms with Crippen LogP contribution in [0.3, 0.4) is 0 Å². The van der Waals surface area contributed by atoms with Crippen molar-refractivity contribution in [2.24, 2.45) is 0 Å². The molecule has 2 aromatic carbocycles. The maximum absolute atomic E-state index is 14.9. The van der Waals surface area contributed by atoms with Gasteiger partial charge in [-0.05, 0) is 49.2 Å². The Morgan fingerprint density at radius 1 is 0.816 bits per heavy atom. The summed E-state index contributed by atoms with van der Waals surface area (Å²) in [6.07, 6.45) is -9.50. The van der Waals surface area contributed by atoms with E-state index in [1.165, 1.54) is 19.1 Å². The van der Waals surface area contributed by atoms with Crippen molar-refractivity contribution in [3.8, 4) is 5.75 Å². The van der Waals surface area contributed by atoms with Crippen molar-refractivity contribution in [1.29, 1.82) is 0 Å². The second-order valence-electron chi connectivity index (χ2n) is 10.9. The van der Waals surface area contributed by atoms with Gasteiger partial charge >= 0.3 is 18.0 Å². The monoisotopic (exact) mass is 718 g/mol. The van der Waals surface area contributed by atoms with Crippen LogP contribution in [-0.2, 0) is 38.4 Å². The summed E-state index contributed by atoms with van der Waals surface area (Å²) in [6.45, 7) is 5.37. The lowest BCUT2D eigenvalue weighted by Crippen LogP contribution is -2.51. The molecule has 1 fully saturated rings. The molecule has 1 N–H and O–H groups in total. The SMILES string of the molecule is CC.Cc1c(N2CCN(Cc3ccc(C(F)(F)F)o3)CC2)c(=O)n(CCc2ccccc2O)c(=O)n1Cc1c(F)cccc1C(F)(F)F.S. The van der Waals surface area contributed by atoms with E-state index in [2.05, 4.69) is 0 Å². The van der Waals surface area contributed by atoms with Crippen molar-refractivity contribution in [1.82, 2.24) is 14.0 Å². The lowest BCUT2D eigenvalue weighted by Gasteiger charge is -2.36. The second kappa shape index (κ2) is 16.0. The number of phenolic OH excluding ortho intramolecular Hbond substituents is 1. The van der Waals surface area contributed by atoms with Gasteiger partial charge < -0.3 is 14.4 Å². The molecule has 8 nitrogen and oxygen atoms in total. The lowest BCUT2D eigenvalue weighted by molar-refractivity contribution is -0.153. The van der Waals surface area contributed by atoms with Crippen LogP contribution in [0.25, 0.3) is 0 Å². The number of piperazine rings is 1. The minimum absolute atomic E-state index is 0. The highest BCUT2D eigenvalue weighted by Gasteiger charge is 2.36. The zero-order valence-electron chi connectivity index (χ0n) is 27.0. The van der Waals surface area contributed by atoms with Crippen LogP contribution in [0.15, 0.2) is 68.6 Å². The lowest BCUT2D eigenvalue weighted by atomic mass is 10.1. The number of hydrogen-bond acceptors (Lipinski definition) is 6. The van der Waals surface area contributed by atoms with E-state index < -0.39 is 52.9 Å². The van der Waals surface area contributed by atoms with E-state index in [-0.39, 0.29) is 82.1 Å². The molecule has 0 aliphatic carbocycles. The van der Waals surface area contributed by atoms with Gasteiger partial charge in [-0.25, -0.2) is 9.18 Å². The molecular weight excluding hydrogens is 681 g/mol. The van der Waals surface area contributed by atoms with Gasteiger partial charge in [-0.1, -0.05) is 38.1 Å². The van der Waals surface area contributed by atoms with E-state index in [1.54, 1.807) is 23.1 Å². The number of aromatic hydroxyl groups is 1. The third-order valence-corrected chi connectivity index (χ3v) is 8.00. The van der Waals surface area contributed by atoms with Gasteiger partial charge in [0.2, 0.25) is 5.76 Å². The summed E-state index contributed by atoms with van der Waals surface area (Å²) in [4.78, 5) is 31.0. The van der Waals surface area contributed by atoms with Crippen LogP contribution < -0.4 is 16.1 Å². The zero-order valence-corrected chi connectivity index (χ0v) is 28.0. The van der Waals surface area contributed by atoms with Crippen LogP contribution in [0.5, 0.6) is 5.75 Å². The number of nitrogens with zero attached hydrogens (tertiary/aromatic N) is 4. The summed E-state index contributed by atoms with van der Waals surface area (Å²) in [7, 11) is 0. The Kier molecular flexibility index (Phi) is 12.8. The van der Waals surface area contributed by atoms with E-state index >= 15 is 0 Å². The number of hydrogen-bond donors (Lipinski definition) is 1. The van der Waals surface area contributed by atoms with Gasteiger partial charge in [0, 0.05) is 44.0 Å². The van der Waals surface area contributed by atoms with Gasteiger partial charge in [0.15, 0.2) is 0 Å². The van der Waals surface area contributed by atoms with Crippen molar-refractivity contribution in [3.63, 3.8) is 0 Å². The van der Waals surface area contributed by atoms with Crippen LogP contribution >= 0.6 is 13.5 Å². The predicted molar refractivity (Wildman–Crippen MR) is 175 cm³/mol. The highest BCUT2D eigenvalue weighted by atomic mass is 32.1. The number of aryl methyl sites for hydroxylation is 1. The predicted octanol–water partition coefficient (Wildman–Crippen LogP) is 6.55. The highest BCUT2D eigenvalue weighted by Crippen LogP contribution is 2.34. The van der Waals surface area contributed by atoms with E-state index in [9.17, 15) is 45.4 Å². The molecule has 0 atom stereocenters. The van der Waals surface area contributed by atoms with Crippen molar-refractivity contribution in [2.75, 3.05) is 31.1 Å². The first-order valence-corrected chi connectivity index (χ1v) is 15.2. The standard InChI is InChI=1S/C31H29F7N4O4.C2H6.H2S/c1-19-27(40-15-13-39(14-16-40)17-21-9-10-26(46-21)31(36,37)38)28(44)41(12-11-20-5-2-3-8-25(20)43)29(45)42(19)18-22-23(30(33,34)35)6-4-7-24(22)32;1-2;/h2-10,43H,11-18H2,1H3;1-2H3;1H2. The fraction of sp³-hybridized carbons (Fsp3) is 0.394. The molecule has 3 heterocycles. The fourth-order valence-electron chi connectivity index (χ4n) is 5.60. The van der Waals surface area contributed by atoms with Crippen LogP contribution in [0.2, 0.25) is 0 Å². The molecule has 0 saturated carbocycles. The molecule has 1 aliphatic heterocycles. The Bertz CT molecular complexity index is 1840. The minimum Gasteiger partial charge on any atom is -0.508 e. The molecule has 0 spiro atoms. The minimum atomic E-state index is -4.91. The molecule has 4 aromatic rings. The average molecular weight is 719 g/mol. The zero-order chi connectivity index (χ0) is 35.4. The quantitative estimate of drug-likeness (QED) is 0.208. The first kappa shape index (κ1) is 39.3. The van der Waals surface area contributed by atoms with Crippen LogP contribution in [0.1, 0.15) is 47.8 Å². The number of benzene rings is 2. The molecule has 16 heteroatoms. The van der Waals surface area contributed by atoms with Crippen LogP contribution in [0, 0.1) is 12.7 Å². The van der Waals surface area contributed by atoms with Crippen molar-refractivity contribution >= 4 is 19.2 Å². The fourth-order valence-corrected chi connectivity index (χ4v) is 5.60. The van der Waals surface area contributed by atoms with Gasteiger partial charge in [0.05, 0.1) is 18.7 Å². The molecule has 2 aromatic heterocycles. The van der Waals surface area contributed by atoms with Crippen molar-refractivity contribution < 1.29 is 40.3 Å². The molecule has 0 radical (unpaired) electrons. The number of alkyl halides is 6. The Morgan fingerprint density at radius 2 is 1.47 bits per heavy atom. The van der Waals surface area contributed by atoms with Gasteiger partial charge in [0.1, 0.15) is 23.0 Å².